The predicted octanol–water partition coefficient (Wildman–Crippen LogP) is 1.09. The molecule has 1 atom stereocenters. The summed E-state index contributed by atoms with van der Waals surface area (Å²) in [5.74, 6) is 2.11. The topological polar surface area (TPSA) is 48.7 Å². The number of aryl methyl sites for hydroxylation is 1. The highest BCUT2D eigenvalue weighted by atomic mass is 16.3. The molecule has 0 bridgehead atoms. The number of rotatable bonds is 6. The lowest BCUT2D eigenvalue weighted by Gasteiger charge is -2.26. The van der Waals surface area contributed by atoms with Crippen LogP contribution in [0.5, 0.6) is 0 Å². The van der Waals surface area contributed by atoms with Crippen LogP contribution in [0.1, 0.15) is 17.9 Å². The average molecular weight is 279 g/mol. The van der Waals surface area contributed by atoms with Gasteiger partial charge in [-0.2, -0.15) is 0 Å². The summed E-state index contributed by atoms with van der Waals surface area (Å²) in [6.07, 6.45) is 0.939. The molecule has 2 rings (SSSR count). The van der Waals surface area contributed by atoms with E-state index < -0.39 is 0 Å². The summed E-state index contributed by atoms with van der Waals surface area (Å²) in [5, 5.41) is 3.26. The molecule has 1 aromatic heterocycles. The summed E-state index contributed by atoms with van der Waals surface area (Å²) in [7, 11) is 4.05. The number of furan rings is 1. The van der Waals surface area contributed by atoms with E-state index in [1.807, 2.05) is 38.1 Å². The highest BCUT2D eigenvalue weighted by Gasteiger charge is 2.27. The van der Waals surface area contributed by atoms with Crippen molar-refractivity contribution in [3.63, 3.8) is 0 Å². The van der Waals surface area contributed by atoms with Crippen molar-refractivity contribution >= 4 is 5.91 Å². The molecule has 1 aromatic rings. The third kappa shape index (κ3) is 4.08. The maximum absolute atomic E-state index is 12.6. The van der Waals surface area contributed by atoms with Gasteiger partial charge in [0.25, 0.3) is 0 Å². The molecule has 1 N–H and O–H groups in total. The first-order valence-electron chi connectivity index (χ1n) is 7.26. The van der Waals surface area contributed by atoms with E-state index in [9.17, 15) is 4.79 Å². The Balaban J connectivity index is 2.00. The first kappa shape index (κ1) is 15.1. The third-order valence-corrected chi connectivity index (χ3v) is 3.68. The molecule has 1 fully saturated rings. The maximum Gasteiger partial charge on any atom is 0.227 e. The number of carbonyl (C=O) groups is 1. The Morgan fingerprint density at radius 3 is 2.75 bits per heavy atom. The van der Waals surface area contributed by atoms with Crippen LogP contribution in [0.25, 0.3) is 0 Å². The van der Waals surface area contributed by atoms with Gasteiger partial charge in [-0.15, -0.1) is 0 Å². The van der Waals surface area contributed by atoms with Crippen LogP contribution >= 0.6 is 0 Å². The van der Waals surface area contributed by atoms with Crippen LogP contribution in [0.4, 0.5) is 0 Å². The number of likely N-dealkylation sites (N-methyl/N-ethyl adjacent to an activating group) is 1. The molecule has 5 heteroatoms. The average Bonchev–Trinajstić information content (AvgIpc) is 3.04. The summed E-state index contributed by atoms with van der Waals surface area (Å²) >= 11 is 0. The fraction of sp³-hybridized carbons (Fsp3) is 0.667. The van der Waals surface area contributed by atoms with Crippen molar-refractivity contribution in [3.05, 3.63) is 23.7 Å². The van der Waals surface area contributed by atoms with Gasteiger partial charge in [-0.05, 0) is 46.1 Å². The number of amides is 1. The lowest BCUT2D eigenvalue weighted by Crippen LogP contribution is -2.40. The van der Waals surface area contributed by atoms with Gasteiger partial charge in [0.1, 0.15) is 11.5 Å². The molecule has 0 aromatic carbocycles. The van der Waals surface area contributed by atoms with E-state index in [2.05, 4.69) is 10.2 Å². The molecule has 112 valence electrons. The SMILES string of the molecule is Cc1ccc(CN(CCN(C)C)C(=O)C2CCNC2)o1. The van der Waals surface area contributed by atoms with Crippen LogP contribution in [-0.2, 0) is 11.3 Å². The Morgan fingerprint density at radius 1 is 1.40 bits per heavy atom. The number of nitrogens with zero attached hydrogens (tertiary/aromatic N) is 2. The Hall–Kier alpha value is -1.33. The van der Waals surface area contributed by atoms with Crippen LogP contribution in [0.3, 0.4) is 0 Å². The Kier molecular flexibility index (Phi) is 5.20. The van der Waals surface area contributed by atoms with Crippen molar-refractivity contribution in [1.82, 2.24) is 15.1 Å². The first-order chi connectivity index (χ1) is 9.56. The van der Waals surface area contributed by atoms with Crippen LogP contribution in [0, 0.1) is 12.8 Å². The van der Waals surface area contributed by atoms with Gasteiger partial charge < -0.3 is 19.5 Å². The lowest BCUT2D eigenvalue weighted by molar-refractivity contribution is -0.136. The molecule has 2 heterocycles. The Morgan fingerprint density at radius 2 is 2.20 bits per heavy atom. The summed E-state index contributed by atoms with van der Waals surface area (Å²) in [4.78, 5) is 16.6. The van der Waals surface area contributed by atoms with E-state index >= 15 is 0 Å². The van der Waals surface area contributed by atoms with Crippen molar-refractivity contribution in [1.29, 1.82) is 0 Å². The van der Waals surface area contributed by atoms with Crippen molar-refractivity contribution in [3.8, 4) is 0 Å². The maximum atomic E-state index is 12.6. The quantitative estimate of drug-likeness (QED) is 0.847. The van der Waals surface area contributed by atoms with Crippen LogP contribution in [0.2, 0.25) is 0 Å². The van der Waals surface area contributed by atoms with E-state index in [0.29, 0.717) is 6.54 Å². The molecule has 0 aliphatic carbocycles. The third-order valence-electron chi connectivity index (χ3n) is 3.68. The fourth-order valence-electron chi connectivity index (χ4n) is 2.47. The normalized spacial score (nSPS) is 18.7. The van der Waals surface area contributed by atoms with Crippen molar-refractivity contribution in [2.24, 2.45) is 5.92 Å². The molecule has 1 aliphatic rings. The summed E-state index contributed by atoms with van der Waals surface area (Å²) in [5.41, 5.74) is 0. The van der Waals surface area contributed by atoms with E-state index in [1.165, 1.54) is 0 Å². The molecule has 1 amide bonds. The Bertz CT molecular complexity index is 436. The van der Waals surface area contributed by atoms with Gasteiger partial charge in [-0.1, -0.05) is 0 Å². The summed E-state index contributed by atoms with van der Waals surface area (Å²) in [6, 6.07) is 3.90. The molecule has 1 aliphatic heterocycles. The minimum absolute atomic E-state index is 0.119. The van der Waals surface area contributed by atoms with Crippen LogP contribution in [-0.4, -0.2) is 56.0 Å². The molecule has 0 radical (unpaired) electrons. The predicted molar refractivity (Wildman–Crippen MR) is 78.4 cm³/mol. The number of carbonyl (C=O) groups excluding carboxylic acids is 1. The van der Waals surface area contributed by atoms with E-state index in [4.69, 9.17) is 4.42 Å². The monoisotopic (exact) mass is 279 g/mol. The van der Waals surface area contributed by atoms with E-state index in [-0.39, 0.29) is 11.8 Å². The molecule has 0 saturated carbocycles. The van der Waals surface area contributed by atoms with Crippen molar-refractivity contribution < 1.29 is 9.21 Å². The van der Waals surface area contributed by atoms with Gasteiger partial charge in [0.05, 0.1) is 12.5 Å². The highest BCUT2D eigenvalue weighted by molar-refractivity contribution is 5.79. The van der Waals surface area contributed by atoms with Crippen molar-refractivity contribution in [2.75, 3.05) is 40.3 Å². The van der Waals surface area contributed by atoms with Gasteiger partial charge >= 0.3 is 0 Å². The minimum Gasteiger partial charge on any atom is -0.464 e. The smallest absolute Gasteiger partial charge is 0.227 e. The number of hydrogen-bond acceptors (Lipinski definition) is 4. The number of nitrogens with one attached hydrogen (secondary N) is 1. The number of hydrogen-bond donors (Lipinski definition) is 1. The Labute approximate surface area is 120 Å². The molecule has 0 spiro atoms. The second-order valence-electron chi connectivity index (χ2n) is 5.77. The van der Waals surface area contributed by atoms with Crippen LogP contribution < -0.4 is 5.32 Å². The zero-order valence-corrected chi connectivity index (χ0v) is 12.7. The molecule has 1 unspecified atom stereocenters. The van der Waals surface area contributed by atoms with Gasteiger partial charge in [-0.3, -0.25) is 4.79 Å². The lowest BCUT2D eigenvalue weighted by atomic mass is 10.1. The zero-order chi connectivity index (χ0) is 14.5. The summed E-state index contributed by atoms with van der Waals surface area (Å²) in [6.45, 7) is 5.84. The summed E-state index contributed by atoms with van der Waals surface area (Å²) < 4.78 is 5.61. The zero-order valence-electron chi connectivity index (χ0n) is 12.7. The molecule has 5 nitrogen and oxygen atoms in total. The van der Waals surface area contributed by atoms with Gasteiger partial charge in [0, 0.05) is 19.6 Å². The fourth-order valence-corrected chi connectivity index (χ4v) is 2.47. The largest absolute Gasteiger partial charge is 0.464 e. The minimum atomic E-state index is 0.119. The van der Waals surface area contributed by atoms with Crippen LogP contribution in [0.15, 0.2) is 16.5 Å². The van der Waals surface area contributed by atoms with E-state index in [1.54, 1.807) is 0 Å². The second kappa shape index (κ2) is 6.90. The molecule has 20 heavy (non-hydrogen) atoms. The standard InChI is InChI=1S/C15H25N3O2/c1-12-4-5-14(20-12)11-18(9-8-17(2)3)15(19)13-6-7-16-10-13/h4-5,13,16H,6-11H2,1-3H3. The van der Waals surface area contributed by atoms with Crippen molar-refractivity contribution in [2.45, 2.75) is 19.9 Å². The first-order valence-corrected chi connectivity index (χ1v) is 7.26. The van der Waals surface area contributed by atoms with E-state index in [0.717, 1.165) is 44.1 Å². The second-order valence-corrected chi connectivity index (χ2v) is 5.77. The molecule has 1 saturated heterocycles. The van der Waals surface area contributed by atoms with Gasteiger partial charge in [-0.25, -0.2) is 0 Å². The van der Waals surface area contributed by atoms with Gasteiger partial charge in [0.15, 0.2) is 0 Å². The molecular formula is C15H25N3O2. The molecular weight excluding hydrogens is 254 g/mol. The highest BCUT2D eigenvalue weighted by Crippen LogP contribution is 2.15. The van der Waals surface area contributed by atoms with Gasteiger partial charge in [0.2, 0.25) is 5.91 Å².